The van der Waals surface area contributed by atoms with E-state index in [0.717, 1.165) is 66.0 Å². The average Bonchev–Trinajstić information content (AvgIpc) is 3.85. The Labute approximate surface area is 279 Å². The molecule has 0 amide bonds. The zero-order chi connectivity index (χ0) is 33.2. The lowest BCUT2D eigenvalue weighted by Crippen LogP contribution is -2.25. The minimum Gasteiger partial charge on any atom is -0.508 e. The standard InChI is InChI=1S/C35H41NO4S.C2H2O4/c1-38-33-23-26(8-15-32(33)40-20-16-25-6-2-3-7-25)22-31-30-14-11-28(37)24-34(30)41-35(31)27-9-12-29(13-10-27)39-21-19-36-17-4-5-18-36;3-1(4)2(5)6/h8-15,23-25,37H,2-7,16-22H2,1H3;(H,3,4)(H,5,6). The quantitative estimate of drug-likeness (QED) is 0.133. The van der Waals surface area contributed by atoms with Crippen LogP contribution in [0.25, 0.3) is 20.5 Å². The number of aromatic hydroxyl groups is 1. The molecule has 2 heterocycles. The predicted molar refractivity (Wildman–Crippen MR) is 183 cm³/mol. The van der Waals surface area contributed by atoms with Crippen molar-refractivity contribution in [1.82, 2.24) is 4.90 Å². The number of benzene rings is 3. The predicted octanol–water partition coefficient (Wildman–Crippen LogP) is 7.46. The molecule has 0 bridgehead atoms. The number of carbonyl (C=O) groups is 2. The highest BCUT2D eigenvalue weighted by atomic mass is 32.1. The van der Waals surface area contributed by atoms with Crippen LogP contribution in [0.1, 0.15) is 56.1 Å². The van der Waals surface area contributed by atoms with Gasteiger partial charge in [0.2, 0.25) is 0 Å². The minimum atomic E-state index is -1.82. The number of ether oxygens (including phenoxy) is 3. The number of carboxylic acids is 2. The molecule has 1 saturated heterocycles. The first-order valence-electron chi connectivity index (χ1n) is 16.3. The summed E-state index contributed by atoms with van der Waals surface area (Å²) in [6.45, 7) is 4.82. The van der Waals surface area contributed by atoms with Crippen LogP contribution in [0.3, 0.4) is 0 Å². The monoisotopic (exact) mass is 661 g/mol. The summed E-state index contributed by atoms with van der Waals surface area (Å²) in [5.74, 6) is -0.0515. The molecular weight excluding hydrogens is 618 g/mol. The molecule has 0 radical (unpaired) electrons. The summed E-state index contributed by atoms with van der Waals surface area (Å²) in [5, 5.41) is 26.1. The second-order valence-corrected chi connectivity index (χ2v) is 13.1. The Hall–Kier alpha value is -4.28. The number of methoxy groups -OCH3 is 1. The molecule has 3 N–H and O–H groups in total. The molecule has 0 unspecified atom stereocenters. The van der Waals surface area contributed by atoms with Gasteiger partial charge in [-0.15, -0.1) is 11.3 Å². The molecule has 250 valence electrons. The maximum Gasteiger partial charge on any atom is 0.414 e. The minimum absolute atomic E-state index is 0.291. The van der Waals surface area contributed by atoms with Crippen LogP contribution in [0.15, 0.2) is 60.7 Å². The van der Waals surface area contributed by atoms with Crippen molar-refractivity contribution in [2.75, 3.05) is 40.0 Å². The zero-order valence-corrected chi connectivity index (χ0v) is 27.6. The number of hydrogen-bond acceptors (Lipinski definition) is 8. The Balaban J connectivity index is 0.000000662. The third kappa shape index (κ3) is 9.39. The molecule has 1 aliphatic carbocycles. The normalized spacial score (nSPS) is 14.9. The van der Waals surface area contributed by atoms with Crippen LogP contribution in [-0.2, 0) is 16.0 Å². The molecule has 6 rings (SSSR count). The molecule has 3 aromatic carbocycles. The van der Waals surface area contributed by atoms with Gasteiger partial charge in [-0.1, -0.05) is 31.7 Å². The summed E-state index contributed by atoms with van der Waals surface area (Å²) in [7, 11) is 1.71. The Morgan fingerprint density at radius 1 is 0.851 bits per heavy atom. The smallest absolute Gasteiger partial charge is 0.414 e. The lowest BCUT2D eigenvalue weighted by Gasteiger charge is -2.15. The van der Waals surface area contributed by atoms with E-state index in [9.17, 15) is 5.11 Å². The molecule has 0 atom stereocenters. The van der Waals surface area contributed by atoms with Crippen LogP contribution >= 0.6 is 11.3 Å². The average molecular weight is 662 g/mol. The van der Waals surface area contributed by atoms with E-state index in [4.69, 9.17) is 34.0 Å². The number of likely N-dealkylation sites (tertiary alicyclic amines) is 1. The van der Waals surface area contributed by atoms with Crippen molar-refractivity contribution in [3.05, 3.63) is 71.8 Å². The second-order valence-electron chi connectivity index (χ2n) is 12.1. The summed E-state index contributed by atoms with van der Waals surface area (Å²) < 4.78 is 19.0. The molecule has 47 heavy (non-hydrogen) atoms. The van der Waals surface area contributed by atoms with Crippen LogP contribution < -0.4 is 14.2 Å². The summed E-state index contributed by atoms with van der Waals surface area (Å²) in [6.07, 6.45) is 9.86. The zero-order valence-electron chi connectivity index (χ0n) is 26.8. The topological polar surface area (TPSA) is 126 Å². The number of aliphatic carboxylic acids is 2. The number of phenols is 1. The highest BCUT2D eigenvalue weighted by Gasteiger charge is 2.18. The number of fused-ring (bicyclic) bond motifs is 1. The van der Waals surface area contributed by atoms with Gasteiger partial charge in [0.25, 0.3) is 0 Å². The van der Waals surface area contributed by atoms with Crippen LogP contribution in [0, 0.1) is 5.92 Å². The van der Waals surface area contributed by atoms with E-state index < -0.39 is 11.9 Å². The number of nitrogens with zero attached hydrogens (tertiary/aromatic N) is 1. The van der Waals surface area contributed by atoms with E-state index in [1.54, 1.807) is 24.5 Å². The molecule has 2 aliphatic rings. The fraction of sp³-hybridized carbons (Fsp3) is 0.405. The fourth-order valence-electron chi connectivity index (χ4n) is 6.33. The number of rotatable bonds is 12. The summed E-state index contributed by atoms with van der Waals surface area (Å²) >= 11 is 1.72. The first-order valence-corrected chi connectivity index (χ1v) is 17.1. The van der Waals surface area contributed by atoms with Gasteiger partial charge in [0.05, 0.1) is 13.7 Å². The lowest BCUT2D eigenvalue weighted by molar-refractivity contribution is -0.159. The number of phenolic OH excluding ortho intramolecular Hbond substituents is 1. The molecule has 9 nitrogen and oxygen atoms in total. The molecule has 0 spiro atoms. The van der Waals surface area contributed by atoms with Crippen LogP contribution in [0.5, 0.6) is 23.0 Å². The molecule has 1 aliphatic heterocycles. The summed E-state index contributed by atoms with van der Waals surface area (Å²) in [6, 6.07) is 20.4. The van der Waals surface area contributed by atoms with Gasteiger partial charge in [-0.2, -0.15) is 0 Å². The van der Waals surface area contributed by atoms with E-state index in [2.05, 4.69) is 47.4 Å². The summed E-state index contributed by atoms with van der Waals surface area (Å²) in [5.41, 5.74) is 3.58. The fourth-order valence-corrected chi connectivity index (χ4v) is 7.59. The van der Waals surface area contributed by atoms with Crippen LogP contribution in [0.2, 0.25) is 0 Å². The van der Waals surface area contributed by atoms with Gasteiger partial charge in [-0.05, 0) is 121 Å². The summed E-state index contributed by atoms with van der Waals surface area (Å²) in [4.78, 5) is 21.9. The van der Waals surface area contributed by atoms with Crippen molar-refractivity contribution in [1.29, 1.82) is 0 Å². The number of carboxylic acid groups (broad SMARTS) is 2. The van der Waals surface area contributed by atoms with Crippen molar-refractivity contribution < 1.29 is 39.1 Å². The van der Waals surface area contributed by atoms with Crippen molar-refractivity contribution in [2.24, 2.45) is 5.92 Å². The Kier molecular flexibility index (Phi) is 12.0. The highest BCUT2D eigenvalue weighted by Crippen LogP contribution is 2.42. The van der Waals surface area contributed by atoms with Gasteiger partial charge in [-0.3, -0.25) is 4.90 Å². The van der Waals surface area contributed by atoms with Gasteiger partial charge in [0, 0.05) is 16.1 Å². The molecule has 1 saturated carbocycles. The largest absolute Gasteiger partial charge is 0.508 e. The molecule has 1 aromatic heterocycles. The van der Waals surface area contributed by atoms with E-state index in [0.29, 0.717) is 5.75 Å². The van der Waals surface area contributed by atoms with E-state index in [1.165, 1.54) is 73.0 Å². The first kappa shape index (κ1) is 34.1. The maximum absolute atomic E-state index is 10.2. The van der Waals surface area contributed by atoms with Gasteiger partial charge in [0.15, 0.2) is 11.5 Å². The van der Waals surface area contributed by atoms with Crippen molar-refractivity contribution in [3.63, 3.8) is 0 Å². The number of hydrogen-bond donors (Lipinski definition) is 3. The van der Waals surface area contributed by atoms with Crippen LogP contribution in [-0.4, -0.2) is 72.1 Å². The molecule has 2 fully saturated rings. The maximum atomic E-state index is 10.2. The van der Waals surface area contributed by atoms with E-state index in [1.807, 2.05) is 12.1 Å². The van der Waals surface area contributed by atoms with Crippen molar-refractivity contribution in [2.45, 2.75) is 51.4 Å². The van der Waals surface area contributed by atoms with Gasteiger partial charge >= 0.3 is 11.9 Å². The Morgan fingerprint density at radius 3 is 2.26 bits per heavy atom. The Bertz CT molecular complexity index is 1630. The first-order chi connectivity index (χ1) is 22.8. The van der Waals surface area contributed by atoms with Crippen LogP contribution in [0.4, 0.5) is 0 Å². The highest BCUT2D eigenvalue weighted by molar-refractivity contribution is 7.22. The van der Waals surface area contributed by atoms with E-state index >= 15 is 0 Å². The Morgan fingerprint density at radius 2 is 1.57 bits per heavy atom. The SMILES string of the molecule is COc1cc(Cc2c(-c3ccc(OCCN4CCCC4)cc3)sc3cc(O)ccc23)ccc1OCCC1CCCC1.O=C(O)C(=O)O. The third-order valence-corrected chi connectivity index (χ3v) is 10.1. The van der Waals surface area contributed by atoms with E-state index in [-0.39, 0.29) is 0 Å². The second kappa shape index (κ2) is 16.5. The van der Waals surface area contributed by atoms with Crippen molar-refractivity contribution >= 4 is 33.4 Å². The molecule has 4 aromatic rings. The number of thiophene rings is 1. The lowest BCUT2D eigenvalue weighted by atomic mass is 9.98. The van der Waals surface area contributed by atoms with Gasteiger partial charge in [0.1, 0.15) is 18.1 Å². The van der Waals surface area contributed by atoms with Gasteiger partial charge < -0.3 is 29.5 Å². The third-order valence-electron chi connectivity index (χ3n) is 8.82. The van der Waals surface area contributed by atoms with Crippen molar-refractivity contribution in [3.8, 4) is 33.4 Å². The van der Waals surface area contributed by atoms with Gasteiger partial charge in [-0.25, -0.2) is 9.59 Å². The molecular formula is C37H43NO8S. The molecule has 10 heteroatoms.